The molecule has 1 aliphatic carbocycles. The van der Waals surface area contributed by atoms with Gasteiger partial charge in [-0.25, -0.2) is 9.97 Å². The van der Waals surface area contributed by atoms with Crippen molar-refractivity contribution in [3.8, 4) is 23.1 Å². The highest BCUT2D eigenvalue weighted by molar-refractivity contribution is 5.95. The van der Waals surface area contributed by atoms with E-state index in [0.717, 1.165) is 18.4 Å². The third-order valence-corrected chi connectivity index (χ3v) is 4.95. The lowest BCUT2D eigenvalue weighted by molar-refractivity contribution is 0.170. The number of aromatic amines is 1. The summed E-state index contributed by atoms with van der Waals surface area (Å²) in [5.74, 6) is 0.319. The summed E-state index contributed by atoms with van der Waals surface area (Å²) in [6.07, 6.45) is 8.84. The quantitative estimate of drug-likeness (QED) is 0.669. The number of aromatic nitrogens is 5. The number of nitrogens with one attached hydrogen (secondary N) is 1. The van der Waals surface area contributed by atoms with Crippen molar-refractivity contribution in [1.82, 2.24) is 24.7 Å². The highest BCUT2D eigenvalue weighted by Gasteiger charge is 2.31. The van der Waals surface area contributed by atoms with Gasteiger partial charge in [-0.05, 0) is 25.2 Å². The fourth-order valence-corrected chi connectivity index (χ4v) is 3.72. The van der Waals surface area contributed by atoms with E-state index in [1.807, 2.05) is 6.20 Å². The first-order valence-electron chi connectivity index (χ1n) is 8.28. The second-order valence-corrected chi connectivity index (χ2v) is 6.49. The van der Waals surface area contributed by atoms with Gasteiger partial charge >= 0.3 is 0 Å². The second-order valence-electron chi connectivity index (χ2n) is 6.49. The number of H-pyrrole nitrogens is 1. The molecular formula is C17H18N6O2. The number of hydrogen-bond donors (Lipinski definition) is 3. The Balaban J connectivity index is 1.71. The van der Waals surface area contributed by atoms with Crippen molar-refractivity contribution < 1.29 is 10.2 Å². The Morgan fingerprint density at radius 1 is 1.40 bits per heavy atom. The summed E-state index contributed by atoms with van der Waals surface area (Å²) in [4.78, 5) is 11.3. The predicted octanol–water partition coefficient (Wildman–Crippen LogP) is 2.14. The summed E-state index contributed by atoms with van der Waals surface area (Å²) in [5, 5.41) is 34.0. The van der Waals surface area contributed by atoms with Crippen molar-refractivity contribution in [2.24, 2.45) is 5.92 Å². The maximum atomic E-state index is 10.0. The van der Waals surface area contributed by atoms with Crippen LogP contribution in [0.5, 0.6) is 5.75 Å². The van der Waals surface area contributed by atoms with Crippen LogP contribution in [0.2, 0.25) is 0 Å². The van der Waals surface area contributed by atoms with Crippen LogP contribution in [0.15, 0.2) is 24.9 Å². The van der Waals surface area contributed by atoms with Crippen LogP contribution in [-0.4, -0.2) is 41.0 Å². The number of aliphatic hydroxyl groups excluding tert-OH is 1. The van der Waals surface area contributed by atoms with Gasteiger partial charge in [0, 0.05) is 18.0 Å². The standard InChI is InChI=1S/C17H18N6O2/c18-4-3-13(10-1-2-12(24)5-10)23-8-11(6-22-23)16-15-14(25)7-19-17(15)21-9-20-16/h6-10,12-13,24-25H,1-3,5H2,(H,19,20,21). The maximum Gasteiger partial charge on any atom is 0.145 e. The van der Waals surface area contributed by atoms with Gasteiger partial charge in [0.25, 0.3) is 0 Å². The number of fused-ring (bicyclic) bond motifs is 1. The zero-order valence-electron chi connectivity index (χ0n) is 13.5. The Hall–Kier alpha value is -2.92. The summed E-state index contributed by atoms with van der Waals surface area (Å²) in [7, 11) is 0. The molecule has 0 saturated heterocycles. The van der Waals surface area contributed by atoms with Gasteiger partial charge in [-0.2, -0.15) is 10.4 Å². The van der Waals surface area contributed by atoms with Crippen molar-refractivity contribution in [3.05, 3.63) is 24.9 Å². The molecule has 1 fully saturated rings. The van der Waals surface area contributed by atoms with Crippen molar-refractivity contribution in [2.45, 2.75) is 37.8 Å². The minimum Gasteiger partial charge on any atom is -0.506 e. The SMILES string of the molecule is N#CCC(C1CCC(O)C1)n1cc(-c2ncnc3[nH]cc(O)c23)cn1. The highest BCUT2D eigenvalue weighted by atomic mass is 16.3. The molecule has 1 aliphatic rings. The number of aliphatic hydroxyl groups is 1. The molecule has 0 aromatic carbocycles. The molecule has 0 aliphatic heterocycles. The molecule has 0 radical (unpaired) electrons. The summed E-state index contributed by atoms with van der Waals surface area (Å²) >= 11 is 0. The fourth-order valence-electron chi connectivity index (χ4n) is 3.72. The zero-order chi connectivity index (χ0) is 17.4. The molecule has 3 unspecified atom stereocenters. The van der Waals surface area contributed by atoms with Gasteiger partial charge in [0.05, 0.1) is 41.9 Å². The highest BCUT2D eigenvalue weighted by Crippen LogP contribution is 2.37. The molecule has 1 saturated carbocycles. The molecule has 25 heavy (non-hydrogen) atoms. The monoisotopic (exact) mass is 338 g/mol. The average molecular weight is 338 g/mol. The average Bonchev–Trinajstić information content (AvgIpc) is 3.33. The first kappa shape index (κ1) is 15.6. The third-order valence-electron chi connectivity index (χ3n) is 4.95. The minimum atomic E-state index is -0.292. The molecule has 0 spiro atoms. The summed E-state index contributed by atoms with van der Waals surface area (Å²) < 4.78 is 1.79. The van der Waals surface area contributed by atoms with Crippen LogP contribution in [0.25, 0.3) is 22.3 Å². The zero-order valence-corrected chi connectivity index (χ0v) is 13.5. The van der Waals surface area contributed by atoms with Crippen LogP contribution >= 0.6 is 0 Å². The van der Waals surface area contributed by atoms with Crippen LogP contribution in [0.4, 0.5) is 0 Å². The van der Waals surface area contributed by atoms with Crippen LogP contribution < -0.4 is 0 Å². The largest absolute Gasteiger partial charge is 0.506 e. The van der Waals surface area contributed by atoms with E-state index in [-0.39, 0.29) is 23.8 Å². The van der Waals surface area contributed by atoms with Crippen molar-refractivity contribution in [3.63, 3.8) is 0 Å². The number of nitrogens with zero attached hydrogens (tertiary/aromatic N) is 5. The van der Waals surface area contributed by atoms with E-state index in [4.69, 9.17) is 0 Å². The van der Waals surface area contributed by atoms with Crippen LogP contribution in [-0.2, 0) is 0 Å². The fraction of sp³-hybridized carbons (Fsp3) is 0.412. The number of rotatable bonds is 4. The molecule has 3 aromatic heterocycles. The Morgan fingerprint density at radius 3 is 3.04 bits per heavy atom. The molecule has 3 N–H and O–H groups in total. The minimum absolute atomic E-state index is 0.0759. The van der Waals surface area contributed by atoms with E-state index < -0.39 is 0 Å². The van der Waals surface area contributed by atoms with Crippen LogP contribution in [0.3, 0.4) is 0 Å². The molecular weight excluding hydrogens is 320 g/mol. The lowest BCUT2D eigenvalue weighted by atomic mass is 9.96. The Bertz CT molecular complexity index is 940. The van der Waals surface area contributed by atoms with Gasteiger partial charge in [0.15, 0.2) is 0 Å². The predicted molar refractivity (Wildman–Crippen MR) is 89.4 cm³/mol. The Kier molecular flexibility index (Phi) is 3.86. The molecule has 8 heteroatoms. The lowest BCUT2D eigenvalue weighted by Gasteiger charge is -2.21. The van der Waals surface area contributed by atoms with Crippen LogP contribution in [0, 0.1) is 17.2 Å². The van der Waals surface area contributed by atoms with Gasteiger partial charge in [0.2, 0.25) is 0 Å². The molecule has 3 heterocycles. The van der Waals surface area contributed by atoms with Gasteiger partial charge in [-0.3, -0.25) is 4.68 Å². The summed E-state index contributed by atoms with van der Waals surface area (Å²) in [6.45, 7) is 0. The first-order chi connectivity index (χ1) is 12.2. The van der Waals surface area contributed by atoms with Crippen LogP contribution in [0.1, 0.15) is 31.7 Å². The smallest absolute Gasteiger partial charge is 0.145 e. The van der Waals surface area contributed by atoms with Crippen molar-refractivity contribution >= 4 is 11.0 Å². The normalized spacial score (nSPS) is 21.4. The maximum absolute atomic E-state index is 10.0. The topological polar surface area (TPSA) is 124 Å². The van der Waals surface area contributed by atoms with Gasteiger partial charge < -0.3 is 15.2 Å². The summed E-state index contributed by atoms with van der Waals surface area (Å²) in [6, 6.07) is 2.15. The van der Waals surface area contributed by atoms with Crippen molar-refractivity contribution in [2.75, 3.05) is 0 Å². The van der Waals surface area contributed by atoms with E-state index >= 15 is 0 Å². The van der Waals surface area contributed by atoms with Gasteiger partial charge in [0.1, 0.15) is 17.7 Å². The number of hydrogen-bond acceptors (Lipinski definition) is 6. The third kappa shape index (κ3) is 2.72. The second kappa shape index (κ2) is 6.18. The molecule has 128 valence electrons. The number of nitriles is 1. The molecule has 0 bridgehead atoms. The van der Waals surface area contributed by atoms with E-state index in [2.05, 4.69) is 26.1 Å². The Morgan fingerprint density at radius 2 is 2.28 bits per heavy atom. The Labute approximate surface area is 143 Å². The molecule has 8 nitrogen and oxygen atoms in total. The number of aromatic hydroxyl groups is 1. The molecule has 3 atom stereocenters. The van der Waals surface area contributed by atoms with E-state index in [1.54, 1.807) is 10.9 Å². The molecule has 0 amide bonds. The molecule has 4 rings (SSSR count). The van der Waals surface area contributed by atoms with Gasteiger partial charge in [-0.1, -0.05) is 0 Å². The molecule has 3 aromatic rings. The lowest BCUT2D eigenvalue weighted by Crippen LogP contribution is -2.18. The van der Waals surface area contributed by atoms with E-state index in [9.17, 15) is 15.5 Å². The van der Waals surface area contributed by atoms with E-state index in [1.165, 1.54) is 12.5 Å². The summed E-state index contributed by atoms with van der Waals surface area (Å²) in [5.41, 5.74) is 1.91. The van der Waals surface area contributed by atoms with Crippen molar-refractivity contribution in [1.29, 1.82) is 5.26 Å². The van der Waals surface area contributed by atoms with E-state index in [0.29, 0.717) is 29.6 Å². The first-order valence-corrected chi connectivity index (χ1v) is 8.28. The van der Waals surface area contributed by atoms with Gasteiger partial charge in [-0.15, -0.1) is 0 Å².